The summed E-state index contributed by atoms with van der Waals surface area (Å²) in [4.78, 5) is 18.7. The van der Waals surface area contributed by atoms with E-state index in [1.54, 1.807) is 0 Å². The first-order valence-electron chi connectivity index (χ1n) is 4.35. The van der Waals surface area contributed by atoms with Crippen LogP contribution in [0.1, 0.15) is 35.6 Å². The minimum absolute atomic E-state index is 0.0922. The van der Waals surface area contributed by atoms with Crippen molar-refractivity contribution >= 4 is 17.6 Å². The lowest BCUT2D eigenvalue weighted by Gasteiger charge is -2.00. The number of hydrogen-bond donors (Lipinski definition) is 1. The zero-order valence-corrected chi connectivity index (χ0v) is 8.32. The van der Waals surface area contributed by atoms with Gasteiger partial charge in [0.2, 0.25) is 0 Å². The highest BCUT2D eigenvalue weighted by Crippen LogP contribution is 2.45. The van der Waals surface area contributed by atoms with Crippen molar-refractivity contribution in [1.82, 2.24) is 9.97 Å². The van der Waals surface area contributed by atoms with E-state index >= 15 is 0 Å². The van der Waals surface area contributed by atoms with Gasteiger partial charge in [0.05, 0.1) is 11.2 Å². The van der Waals surface area contributed by atoms with Crippen molar-refractivity contribution in [3.63, 3.8) is 0 Å². The highest BCUT2D eigenvalue weighted by Gasteiger charge is 2.37. The molecule has 0 bridgehead atoms. The number of carboxylic acid groups (broad SMARTS) is 1. The maximum Gasteiger partial charge on any atom is 0.356 e. The number of aromatic nitrogens is 2. The molecule has 1 aromatic rings. The molecule has 1 N–H and O–H groups in total. The summed E-state index contributed by atoms with van der Waals surface area (Å²) in [6.45, 7) is 2.09. The highest BCUT2D eigenvalue weighted by molar-refractivity contribution is 6.33. The van der Waals surface area contributed by atoms with Gasteiger partial charge in [0.15, 0.2) is 5.69 Å². The molecular weight excluding hydrogens is 204 g/mol. The largest absolute Gasteiger partial charge is 0.476 e. The van der Waals surface area contributed by atoms with Crippen LogP contribution in [0.3, 0.4) is 0 Å². The number of halogens is 1. The van der Waals surface area contributed by atoms with Crippen LogP contribution >= 0.6 is 11.6 Å². The molecule has 2 atom stereocenters. The van der Waals surface area contributed by atoms with E-state index in [1.165, 1.54) is 6.20 Å². The molecule has 1 aliphatic carbocycles. The minimum Gasteiger partial charge on any atom is -0.476 e. The highest BCUT2D eigenvalue weighted by atomic mass is 35.5. The Kier molecular flexibility index (Phi) is 2.15. The summed E-state index contributed by atoms with van der Waals surface area (Å²) in [5.41, 5.74) is -0.101. The smallest absolute Gasteiger partial charge is 0.356 e. The van der Waals surface area contributed by atoms with Gasteiger partial charge < -0.3 is 5.11 Å². The predicted molar refractivity (Wildman–Crippen MR) is 50.5 cm³/mol. The van der Waals surface area contributed by atoms with Crippen LogP contribution in [-0.2, 0) is 0 Å². The third kappa shape index (κ3) is 1.57. The van der Waals surface area contributed by atoms with Gasteiger partial charge in [-0.15, -0.1) is 0 Å². The summed E-state index contributed by atoms with van der Waals surface area (Å²) < 4.78 is 0. The normalized spacial score (nSPS) is 24.7. The van der Waals surface area contributed by atoms with Crippen molar-refractivity contribution in [3.8, 4) is 0 Å². The van der Waals surface area contributed by atoms with E-state index in [4.69, 9.17) is 16.7 Å². The van der Waals surface area contributed by atoms with Gasteiger partial charge in [0.25, 0.3) is 0 Å². The third-order valence-electron chi connectivity index (χ3n) is 2.41. The average molecular weight is 213 g/mol. The molecule has 1 aromatic heterocycles. The monoisotopic (exact) mass is 212 g/mol. The summed E-state index contributed by atoms with van der Waals surface area (Å²) >= 11 is 5.65. The van der Waals surface area contributed by atoms with E-state index in [0.29, 0.717) is 17.7 Å². The number of carboxylic acids is 1. The maximum atomic E-state index is 10.7. The molecule has 0 aromatic carbocycles. The quantitative estimate of drug-likeness (QED) is 0.814. The van der Waals surface area contributed by atoms with Gasteiger partial charge in [0.1, 0.15) is 5.82 Å². The zero-order chi connectivity index (χ0) is 10.3. The van der Waals surface area contributed by atoms with Gasteiger partial charge in [-0.1, -0.05) is 18.5 Å². The van der Waals surface area contributed by atoms with Crippen molar-refractivity contribution in [2.75, 3.05) is 0 Å². The summed E-state index contributed by atoms with van der Waals surface area (Å²) in [5.74, 6) is 0.356. The molecule has 1 saturated carbocycles. The average Bonchev–Trinajstić information content (AvgIpc) is 2.83. The van der Waals surface area contributed by atoms with E-state index in [1.807, 2.05) is 0 Å². The molecule has 0 saturated heterocycles. The van der Waals surface area contributed by atoms with Gasteiger partial charge >= 0.3 is 5.97 Å². The van der Waals surface area contributed by atoms with Crippen molar-refractivity contribution in [3.05, 3.63) is 22.7 Å². The molecule has 1 heterocycles. The minimum atomic E-state index is -1.10. The lowest BCUT2D eigenvalue weighted by molar-refractivity contribution is 0.0690. The SMILES string of the molecule is CC1CC1c1ncc(Cl)c(C(=O)O)n1. The summed E-state index contributed by atoms with van der Waals surface area (Å²) in [7, 11) is 0. The molecule has 0 amide bonds. The van der Waals surface area contributed by atoms with Gasteiger partial charge in [0, 0.05) is 5.92 Å². The van der Waals surface area contributed by atoms with Crippen LogP contribution in [-0.4, -0.2) is 21.0 Å². The Hall–Kier alpha value is -1.16. The number of aromatic carboxylic acids is 1. The molecule has 2 unspecified atom stereocenters. The molecule has 0 aliphatic heterocycles. The van der Waals surface area contributed by atoms with Crippen LogP contribution in [0.4, 0.5) is 0 Å². The molecule has 2 rings (SSSR count). The molecular formula is C9H9ClN2O2. The maximum absolute atomic E-state index is 10.7. The fraction of sp³-hybridized carbons (Fsp3) is 0.444. The second-order valence-corrected chi connectivity index (χ2v) is 3.96. The summed E-state index contributed by atoms with van der Waals surface area (Å²) in [6, 6.07) is 0. The lowest BCUT2D eigenvalue weighted by atomic mass is 10.3. The van der Waals surface area contributed by atoms with E-state index in [-0.39, 0.29) is 10.7 Å². The Morgan fingerprint density at radius 1 is 1.71 bits per heavy atom. The first-order valence-corrected chi connectivity index (χ1v) is 4.73. The Labute approximate surface area is 85.9 Å². The van der Waals surface area contributed by atoms with E-state index < -0.39 is 5.97 Å². The van der Waals surface area contributed by atoms with Crippen LogP contribution in [0.15, 0.2) is 6.20 Å². The van der Waals surface area contributed by atoms with Crippen molar-refractivity contribution in [2.24, 2.45) is 5.92 Å². The van der Waals surface area contributed by atoms with Crippen molar-refractivity contribution in [1.29, 1.82) is 0 Å². The second-order valence-electron chi connectivity index (χ2n) is 3.55. The van der Waals surface area contributed by atoms with Crippen molar-refractivity contribution < 1.29 is 9.90 Å². The Bertz CT molecular complexity index is 394. The van der Waals surface area contributed by atoms with Crippen LogP contribution < -0.4 is 0 Å². The molecule has 1 fully saturated rings. The van der Waals surface area contributed by atoms with Crippen LogP contribution in [0.25, 0.3) is 0 Å². The topological polar surface area (TPSA) is 63.1 Å². The van der Waals surface area contributed by atoms with E-state index in [2.05, 4.69) is 16.9 Å². The molecule has 0 spiro atoms. The standard InChI is InChI=1S/C9H9ClN2O2/c1-4-2-5(4)8-11-3-6(10)7(12-8)9(13)14/h3-5H,2H2,1H3,(H,13,14). The van der Waals surface area contributed by atoms with Gasteiger partial charge in [-0.3, -0.25) is 0 Å². The predicted octanol–water partition coefficient (Wildman–Crippen LogP) is 1.95. The first-order chi connectivity index (χ1) is 6.59. The van der Waals surface area contributed by atoms with Crippen LogP contribution in [0, 0.1) is 5.92 Å². The lowest BCUT2D eigenvalue weighted by Crippen LogP contribution is -2.05. The Morgan fingerprint density at radius 2 is 2.36 bits per heavy atom. The molecule has 5 heteroatoms. The zero-order valence-electron chi connectivity index (χ0n) is 7.57. The number of hydrogen-bond acceptors (Lipinski definition) is 3. The number of carbonyl (C=O) groups is 1. The molecule has 74 valence electrons. The van der Waals surface area contributed by atoms with Gasteiger partial charge in [-0.2, -0.15) is 0 Å². The summed E-state index contributed by atoms with van der Waals surface area (Å²) in [6.07, 6.45) is 2.39. The first kappa shape index (κ1) is 9.40. The van der Waals surface area contributed by atoms with Gasteiger partial charge in [-0.25, -0.2) is 14.8 Å². The molecule has 14 heavy (non-hydrogen) atoms. The van der Waals surface area contributed by atoms with Crippen LogP contribution in [0.5, 0.6) is 0 Å². The Balaban J connectivity index is 2.36. The molecule has 1 aliphatic rings. The van der Waals surface area contributed by atoms with Gasteiger partial charge in [-0.05, 0) is 12.3 Å². The number of nitrogens with zero attached hydrogens (tertiary/aromatic N) is 2. The molecule has 4 nitrogen and oxygen atoms in total. The summed E-state index contributed by atoms with van der Waals surface area (Å²) in [5, 5.41) is 8.88. The molecule has 0 radical (unpaired) electrons. The Morgan fingerprint density at radius 3 is 2.86 bits per heavy atom. The van der Waals surface area contributed by atoms with E-state index in [0.717, 1.165) is 6.42 Å². The third-order valence-corrected chi connectivity index (χ3v) is 2.68. The van der Waals surface area contributed by atoms with Crippen molar-refractivity contribution in [2.45, 2.75) is 19.3 Å². The van der Waals surface area contributed by atoms with E-state index in [9.17, 15) is 4.79 Å². The fourth-order valence-corrected chi connectivity index (χ4v) is 1.56. The fourth-order valence-electron chi connectivity index (χ4n) is 1.39. The second kappa shape index (κ2) is 3.20. The number of rotatable bonds is 2. The van der Waals surface area contributed by atoms with Crippen LogP contribution in [0.2, 0.25) is 5.02 Å².